The van der Waals surface area contributed by atoms with Gasteiger partial charge >= 0.3 is 0 Å². The van der Waals surface area contributed by atoms with Crippen molar-refractivity contribution in [2.45, 2.75) is 25.9 Å². The Bertz CT molecular complexity index is 996. The molecule has 162 valence electrons. The molecule has 0 amide bonds. The highest BCUT2D eigenvalue weighted by Crippen LogP contribution is 2.36. The van der Waals surface area contributed by atoms with Gasteiger partial charge in [-0.05, 0) is 62.7 Å². The number of nitrogens with one attached hydrogen (secondary N) is 1. The average Bonchev–Trinajstić information content (AvgIpc) is 3.44. The number of piperidine rings is 1. The van der Waals surface area contributed by atoms with E-state index >= 15 is 0 Å². The zero-order valence-electron chi connectivity index (χ0n) is 18.1. The highest BCUT2D eigenvalue weighted by atomic mass is 16.7. The van der Waals surface area contributed by atoms with E-state index in [2.05, 4.69) is 63.4 Å². The third-order valence-electron chi connectivity index (χ3n) is 6.35. The molecule has 6 nitrogen and oxygen atoms in total. The summed E-state index contributed by atoms with van der Waals surface area (Å²) in [4.78, 5) is 5.01. The number of aromatic amines is 1. The Morgan fingerprint density at radius 3 is 2.71 bits per heavy atom. The first-order valence-electron chi connectivity index (χ1n) is 11.1. The summed E-state index contributed by atoms with van der Waals surface area (Å²) in [5.41, 5.74) is 4.76. The van der Waals surface area contributed by atoms with Gasteiger partial charge in [0.2, 0.25) is 6.79 Å². The van der Waals surface area contributed by atoms with Crippen LogP contribution in [0.4, 0.5) is 0 Å². The van der Waals surface area contributed by atoms with Crippen molar-refractivity contribution in [3.63, 3.8) is 0 Å². The Hall–Kier alpha value is -2.83. The molecule has 31 heavy (non-hydrogen) atoms. The zero-order chi connectivity index (χ0) is 21.0. The maximum atomic E-state index is 5.53. The maximum Gasteiger partial charge on any atom is 0.231 e. The first-order valence-corrected chi connectivity index (χ1v) is 11.1. The first-order chi connectivity index (χ1) is 15.2. The van der Waals surface area contributed by atoms with Gasteiger partial charge in [-0.2, -0.15) is 5.10 Å². The highest BCUT2D eigenvalue weighted by Gasteiger charge is 2.22. The van der Waals surface area contributed by atoms with Crippen LogP contribution >= 0.6 is 0 Å². The standard InChI is InChI=1S/C25H30N4O2/c1-28(15-20-9-11-29(12-10-20)16-19-5-3-2-4-6-19)17-22-14-26-27-25(22)21-7-8-23-24(13-21)31-18-30-23/h2-8,13-14,20H,9-12,15-18H2,1H3,(H,26,27). The van der Waals surface area contributed by atoms with Crippen molar-refractivity contribution in [3.8, 4) is 22.8 Å². The molecule has 0 saturated carbocycles. The topological polar surface area (TPSA) is 53.6 Å². The summed E-state index contributed by atoms with van der Waals surface area (Å²) in [6.45, 7) is 5.72. The van der Waals surface area contributed by atoms with Crippen molar-refractivity contribution >= 4 is 0 Å². The minimum atomic E-state index is 0.293. The van der Waals surface area contributed by atoms with Gasteiger partial charge in [-0.25, -0.2) is 0 Å². The van der Waals surface area contributed by atoms with Gasteiger partial charge in [-0.15, -0.1) is 0 Å². The van der Waals surface area contributed by atoms with Gasteiger partial charge in [0.15, 0.2) is 11.5 Å². The number of nitrogens with zero attached hydrogens (tertiary/aromatic N) is 3. The molecule has 0 spiro atoms. The second-order valence-electron chi connectivity index (χ2n) is 8.74. The average molecular weight is 419 g/mol. The molecule has 0 aliphatic carbocycles. The number of ether oxygens (including phenoxy) is 2. The monoisotopic (exact) mass is 418 g/mol. The van der Waals surface area contributed by atoms with Crippen LogP contribution in [-0.2, 0) is 13.1 Å². The number of rotatable bonds is 7. The SMILES string of the molecule is CN(Cc1cn[nH]c1-c1ccc2c(c1)OCO2)CC1CCN(Cc2ccccc2)CC1. The fourth-order valence-corrected chi connectivity index (χ4v) is 4.70. The van der Waals surface area contributed by atoms with Crippen LogP contribution in [0.25, 0.3) is 11.3 Å². The van der Waals surface area contributed by atoms with Crippen LogP contribution in [-0.4, -0.2) is 53.5 Å². The first kappa shape index (κ1) is 20.1. The second-order valence-corrected chi connectivity index (χ2v) is 8.74. The fourth-order valence-electron chi connectivity index (χ4n) is 4.70. The van der Waals surface area contributed by atoms with E-state index in [9.17, 15) is 0 Å². The van der Waals surface area contributed by atoms with Crippen molar-refractivity contribution in [3.05, 3.63) is 65.9 Å². The van der Waals surface area contributed by atoms with E-state index in [1.165, 1.54) is 37.1 Å². The minimum Gasteiger partial charge on any atom is -0.454 e. The van der Waals surface area contributed by atoms with E-state index in [0.717, 1.165) is 48.3 Å². The van der Waals surface area contributed by atoms with E-state index in [1.807, 2.05) is 18.3 Å². The Labute approximate surface area is 183 Å². The lowest BCUT2D eigenvalue weighted by Gasteiger charge is -2.34. The van der Waals surface area contributed by atoms with Gasteiger partial charge in [-0.1, -0.05) is 30.3 Å². The van der Waals surface area contributed by atoms with Gasteiger partial charge in [0.05, 0.1) is 11.9 Å². The number of hydrogen-bond acceptors (Lipinski definition) is 5. The molecule has 2 aliphatic heterocycles. The third-order valence-corrected chi connectivity index (χ3v) is 6.35. The number of aromatic nitrogens is 2. The van der Waals surface area contributed by atoms with E-state index in [1.54, 1.807) is 0 Å². The normalized spacial score (nSPS) is 16.8. The summed E-state index contributed by atoms with van der Waals surface area (Å²) in [5, 5.41) is 7.48. The van der Waals surface area contributed by atoms with Gasteiger partial charge < -0.3 is 14.4 Å². The summed E-state index contributed by atoms with van der Waals surface area (Å²) in [6.07, 6.45) is 4.47. The largest absolute Gasteiger partial charge is 0.454 e. The number of H-pyrrole nitrogens is 1. The molecular weight excluding hydrogens is 388 g/mol. The predicted molar refractivity (Wildman–Crippen MR) is 121 cm³/mol. The van der Waals surface area contributed by atoms with Crippen molar-refractivity contribution in [1.82, 2.24) is 20.0 Å². The van der Waals surface area contributed by atoms with Crippen LogP contribution in [0.1, 0.15) is 24.0 Å². The molecular formula is C25H30N4O2. The number of hydrogen-bond donors (Lipinski definition) is 1. The molecule has 0 unspecified atom stereocenters. The molecule has 2 aliphatic rings. The molecule has 1 N–H and O–H groups in total. The summed E-state index contributed by atoms with van der Waals surface area (Å²) in [7, 11) is 2.22. The van der Waals surface area contributed by atoms with Crippen molar-refractivity contribution < 1.29 is 9.47 Å². The molecule has 6 heteroatoms. The number of benzene rings is 2. The van der Waals surface area contributed by atoms with Crippen molar-refractivity contribution in [1.29, 1.82) is 0 Å². The molecule has 1 aromatic heterocycles. The Morgan fingerprint density at radius 2 is 1.87 bits per heavy atom. The molecule has 1 fully saturated rings. The van der Waals surface area contributed by atoms with Gasteiger partial charge in [0, 0.05) is 30.8 Å². The molecule has 0 bridgehead atoms. The molecule has 0 radical (unpaired) electrons. The highest BCUT2D eigenvalue weighted by molar-refractivity contribution is 5.66. The smallest absolute Gasteiger partial charge is 0.231 e. The van der Waals surface area contributed by atoms with Gasteiger partial charge in [0.25, 0.3) is 0 Å². The summed E-state index contributed by atoms with van der Waals surface area (Å²) < 4.78 is 11.0. The van der Waals surface area contributed by atoms with Crippen LogP contribution in [0.2, 0.25) is 0 Å². The molecule has 3 aromatic rings. The zero-order valence-corrected chi connectivity index (χ0v) is 18.1. The maximum absolute atomic E-state index is 5.53. The lowest BCUT2D eigenvalue weighted by atomic mass is 9.95. The van der Waals surface area contributed by atoms with Crippen LogP contribution in [0.15, 0.2) is 54.7 Å². The van der Waals surface area contributed by atoms with Crippen LogP contribution in [0, 0.1) is 5.92 Å². The lowest BCUT2D eigenvalue weighted by molar-refractivity contribution is 0.147. The number of fused-ring (bicyclic) bond motifs is 1. The molecule has 3 heterocycles. The fraction of sp³-hybridized carbons (Fsp3) is 0.400. The van der Waals surface area contributed by atoms with Crippen LogP contribution < -0.4 is 9.47 Å². The minimum absolute atomic E-state index is 0.293. The summed E-state index contributed by atoms with van der Waals surface area (Å²) in [5.74, 6) is 2.35. The molecule has 2 aromatic carbocycles. The third kappa shape index (κ3) is 4.75. The summed E-state index contributed by atoms with van der Waals surface area (Å²) in [6, 6.07) is 16.9. The summed E-state index contributed by atoms with van der Waals surface area (Å²) >= 11 is 0. The van der Waals surface area contributed by atoms with E-state index in [4.69, 9.17) is 9.47 Å². The van der Waals surface area contributed by atoms with E-state index in [-0.39, 0.29) is 0 Å². The molecule has 1 saturated heterocycles. The van der Waals surface area contributed by atoms with Crippen molar-refractivity contribution in [2.24, 2.45) is 5.92 Å². The quantitative estimate of drug-likeness (QED) is 0.625. The van der Waals surface area contributed by atoms with Crippen LogP contribution in [0.5, 0.6) is 11.5 Å². The van der Waals surface area contributed by atoms with Crippen molar-refractivity contribution in [2.75, 3.05) is 33.5 Å². The number of likely N-dealkylation sites (tertiary alicyclic amines) is 1. The van der Waals surface area contributed by atoms with Crippen LogP contribution in [0.3, 0.4) is 0 Å². The van der Waals surface area contributed by atoms with Gasteiger partial charge in [0.1, 0.15) is 0 Å². The Balaban J connectivity index is 1.14. The molecule has 5 rings (SSSR count). The Morgan fingerprint density at radius 1 is 1.06 bits per heavy atom. The van der Waals surface area contributed by atoms with E-state index in [0.29, 0.717) is 6.79 Å². The predicted octanol–water partition coefficient (Wildman–Crippen LogP) is 4.15. The molecule has 0 atom stereocenters. The van der Waals surface area contributed by atoms with E-state index < -0.39 is 0 Å². The second kappa shape index (κ2) is 9.12. The Kier molecular flexibility index (Phi) is 5.91. The lowest BCUT2D eigenvalue weighted by Crippen LogP contribution is -2.37. The van der Waals surface area contributed by atoms with Gasteiger partial charge in [-0.3, -0.25) is 10.00 Å².